The van der Waals surface area contributed by atoms with E-state index in [4.69, 9.17) is 25.9 Å². The molecular formula is C64H74Cl2O2SiZr. The molecule has 0 saturated carbocycles. The van der Waals surface area contributed by atoms with Crippen LogP contribution in [0, 0.1) is 13.8 Å². The number of fused-ring (bicyclic) bond motifs is 4. The maximum atomic E-state index is 6.58. The van der Waals surface area contributed by atoms with Gasteiger partial charge in [-0.05, 0) is 212 Å². The summed E-state index contributed by atoms with van der Waals surface area (Å²) in [5, 5.41) is 0. The molecule has 0 N–H and O–H groups in total. The second-order valence-electron chi connectivity index (χ2n) is 24.9. The Balaban J connectivity index is 0.00000198. The molecule has 2 unspecified atom stereocenters. The summed E-state index contributed by atoms with van der Waals surface area (Å²) in [6.45, 7) is 32.6. The fraction of sp³-hybridized carbons (Fsp3) is 0.438. The zero-order valence-electron chi connectivity index (χ0n) is 44.5. The van der Waals surface area contributed by atoms with Crippen LogP contribution in [0.3, 0.4) is 0 Å². The summed E-state index contributed by atoms with van der Waals surface area (Å²) in [4.78, 5) is 0. The molecule has 364 valence electrons. The summed E-state index contributed by atoms with van der Waals surface area (Å²) < 4.78 is 13.2. The van der Waals surface area contributed by atoms with Crippen molar-refractivity contribution in [3.63, 3.8) is 0 Å². The van der Waals surface area contributed by atoms with Crippen LogP contribution in [0.2, 0.25) is 12.1 Å². The summed E-state index contributed by atoms with van der Waals surface area (Å²) in [5.41, 5.74) is 26.4. The number of hydrogen-bond acceptors (Lipinski definition) is 2. The quantitative estimate of drug-likeness (QED) is 0.142. The van der Waals surface area contributed by atoms with Crippen molar-refractivity contribution in [2.45, 2.75) is 181 Å². The van der Waals surface area contributed by atoms with E-state index in [-0.39, 0.29) is 33.5 Å². The molecule has 0 bridgehead atoms. The van der Waals surface area contributed by atoms with Crippen molar-refractivity contribution < 1.29 is 29.7 Å². The SMILES string of the molecule is Cc1ccc(C2=Cc3c(cc4c(c3-c3cc(C(C)(C)C)cc(C(C)(C)C)c3)CCC4)C2C[Si]CC2C(c3ccc(C)o3)=Cc3c2cc2c(c3-c3cc(C(C)(C)C)cc(C(C)(C)C)c3)CCC2)o1.[Cl][Zr][Cl]. The summed E-state index contributed by atoms with van der Waals surface area (Å²) in [5.74, 6) is 4.53. The number of hydrogen-bond donors (Lipinski definition) is 0. The molecule has 2 nitrogen and oxygen atoms in total. The number of benzene rings is 4. The van der Waals surface area contributed by atoms with Crippen LogP contribution >= 0.6 is 17.0 Å². The van der Waals surface area contributed by atoms with Crippen LogP contribution in [0.15, 0.2) is 81.6 Å². The Kier molecular flexibility index (Phi) is 14.3. The van der Waals surface area contributed by atoms with Crippen LogP contribution in [0.25, 0.3) is 45.6 Å². The molecular weight excluding hydrogens is 991 g/mol. The molecule has 2 aromatic heterocycles. The van der Waals surface area contributed by atoms with E-state index in [0.717, 1.165) is 70.3 Å². The first-order valence-corrected chi connectivity index (χ1v) is 33.6. The van der Waals surface area contributed by atoms with Gasteiger partial charge in [0.05, 0.1) is 0 Å². The molecule has 6 heteroatoms. The summed E-state index contributed by atoms with van der Waals surface area (Å²) in [6.07, 6.45) is 12.1. The number of allylic oxidation sites excluding steroid dienone is 2. The van der Waals surface area contributed by atoms with Gasteiger partial charge in [-0.2, -0.15) is 0 Å². The van der Waals surface area contributed by atoms with Crippen molar-refractivity contribution in [2.24, 2.45) is 0 Å². The molecule has 2 atom stereocenters. The van der Waals surface area contributed by atoms with Gasteiger partial charge in [0.2, 0.25) is 0 Å². The van der Waals surface area contributed by atoms with Crippen molar-refractivity contribution in [2.75, 3.05) is 0 Å². The molecule has 70 heavy (non-hydrogen) atoms. The maximum absolute atomic E-state index is 6.58. The van der Waals surface area contributed by atoms with Crippen LogP contribution in [-0.2, 0) is 68.2 Å². The first-order valence-electron chi connectivity index (χ1n) is 25.9. The third-order valence-electron chi connectivity index (χ3n) is 15.7. The molecule has 0 aliphatic heterocycles. The molecule has 4 aromatic carbocycles. The van der Waals surface area contributed by atoms with Gasteiger partial charge >= 0.3 is 37.9 Å². The van der Waals surface area contributed by atoms with E-state index in [1.54, 1.807) is 22.3 Å². The van der Waals surface area contributed by atoms with E-state index in [0.29, 0.717) is 0 Å². The van der Waals surface area contributed by atoms with Gasteiger partial charge in [-0.15, -0.1) is 0 Å². The predicted octanol–water partition coefficient (Wildman–Crippen LogP) is 18.9. The second kappa shape index (κ2) is 19.5. The van der Waals surface area contributed by atoms with E-state index in [2.05, 4.69) is 182 Å². The number of rotatable bonds is 8. The fourth-order valence-electron chi connectivity index (χ4n) is 11.7. The number of aryl methyl sites for hydroxylation is 4. The molecule has 4 aliphatic carbocycles. The Morgan fingerprint density at radius 1 is 0.500 bits per heavy atom. The predicted molar refractivity (Wildman–Crippen MR) is 298 cm³/mol. The number of furan rings is 2. The third kappa shape index (κ3) is 10.1. The molecule has 0 fully saturated rings. The van der Waals surface area contributed by atoms with Crippen LogP contribution in [0.1, 0.15) is 198 Å². The van der Waals surface area contributed by atoms with Crippen molar-refractivity contribution in [3.8, 4) is 22.3 Å². The third-order valence-corrected chi connectivity index (χ3v) is 17.1. The van der Waals surface area contributed by atoms with Gasteiger partial charge in [0, 0.05) is 32.5 Å². The Morgan fingerprint density at radius 2 is 0.843 bits per heavy atom. The zero-order chi connectivity index (χ0) is 50.2. The summed E-state index contributed by atoms with van der Waals surface area (Å²) >= 11 is -0.826. The Hall–Kier alpha value is -3.40. The molecule has 0 amide bonds. The van der Waals surface area contributed by atoms with Gasteiger partial charge in [0.15, 0.2) is 0 Å². The topological polar surface area (TPSA) is 26.3 Å². The molecule has 10 rings (SSSR count). The van der Waals surface area contributed by atoms with Crippen LogP contribution in [0.4, 0.5) is 0 Å². The number of halogens is 2. The molecule has 2 radical (unpaired) electrons. The standard InChI is InChI=1S/C64H74O2Si.2ClH.Zr/c1-37-21-23-57(65-37)51-33-53-49(29-39-17-15-19-47(39)59(53)41-25-43(61(3,4)5)31-44(26-41)62(6,7)8)55(51)35-67-36-56-50-30-40-18-16-20-48(40)60(54(50)34-52(56)58-24-22-38(2)66-58)42-27-45(63(9,10)11)32-46(28-42)64(12,13)14;;;/h21-34,55-56H,15-20,35-36H2,1-14H3;2*1H;/q;;;+2/p-2. The Bertz CT molecular complexity index is 2770. The second-order valence-corrected chi connectivity index (χ2v) is 30.0. The van der Waals surface area contributed by atoms with E-state index in [1.807, 2.05) is 0 Å². The molecule has 0 saturated heterocycles. The monoisotopic (exact) mass is 1060 g/mol. The minimum absolute atomic E-state index is 0.0423. The van der Waals surface area contributed by atoms with Gasteiger partial charge in [0.25, 0.3) is 0 Å². The fourth-order valence-corrected chi connectivity index (χ4v) is 13.3. The van der Waals surface area contributed by atoms with Gasteiger partial charge in [0.1, 0.15) is 23.0 Å². The van der Waals surface area contributed by atoms with E-state index >= 15 is 0 Å². The van der Waals surface area contributed by atoms with Crippen molar-refractivity contribution in [3.05, 3.63) is 163 Å². The first kappa shape index (κ1) is 51.5. The average Bonchev–Trinajstić information content (AvgIpc) is 4.15. The first-order chi connectivity index (χ1) is 32.9. The van der Waals surface area contributed by atoms with E-state index in [1.165, 1.54) is 90.7 Å². The van der Waals surface area contributed by atoms with Gasteiger partial charge in [-0.3, -0.25) is 0 Å². The molecule has 2 heterocycles. The van der Waals surface area contributed by atoms with Crippen LogP contribution < -0.4 is 0 Å². The van der Waals surface area contributed by atoms with Crippen molar-refractivity contribution in [1.82, 2.24) is 0 Å². The Labute approximate surface area is 442 Å². The van der Waals surface area contributed by atoms with Crippen LogP contribution in [0.5, 0.6) is 0 Å². The van der Waals surface area contributed by atoms with E-state index < -0.39 is 20.8 Å². The van der Waals surface area contributed by atoms with Crippen LogP contribution in [-0.4, -0.2) is 9.52 Å². The van der Waals surface area contributed by atoms with Crippen molar-refractivity contribution >= 4 is 49.8 Å². The normalized spacial score (nSPS) is 17.4. The van der Waals surface area contributed by atoms with E-state index in [9.17, 15) is 0 Å². The molecule has 4 aliphatic rings. The molecule has 0 spiro atoms. The van der Waals surface area contributed by atoms with Gasteiger partial charge in [-0.25, -0.2) is 0 Å². The summed E-state index contributed by atoms with van der Waals surface area (Å²) in [7, 11) is 10.6. The summed E-state index contributed by atoms with van der Waals surface area (Å²) in [6, 6.07) is 31.2. The molecule has 6 aromatic rings. The van der Waals surface area contributed by atoms with Gasteiger partial charge in [-0.1, -0.05) is 132 Å². The average molecular weight is 1070 g/mol. The Morgan fingerprint density at radius 3 is 1.14 bits per heavy atom. The van der Waals surface area contributed by atoms with Crippen molar-refractivity contribution in [1.29, 1.82) is 0 Å². The minimum atomic E-state index is -0.826. The zero-order valence-corrected chi connectivity index (χ0v) is 49.4. The van der Waals surface area contributed by atoms with Gasteiger partial charge < -0.3 is 8.83 Å².